The van der Waals surface area contributed by atoms with Crippen molar-refractivity contribution in [3.63, 3.8) is 0 Å². The Morgan fingerprint density at radius 2 is 0.900 bits per heavy atom. The molecule has 2 radical (unpaired) electrons. The number of hydrogen-bond donors (Lipinski definition) is 0. The van der Waals surface area contributed by atoms with Gasteiger partial charge in [0.05, 0.1) is 0 Å². The molecule has 7 nitrogen and oxygen atoms in total. The van der Waals surface area contributed by atoms with E-state index in [9.17, 15) is 0 Å². The Hall–Kier alpha value is 0.149. The van der Waals surface area contributed by atoms with Crippen LogP contribution in [0.2, 0.25) is 0 Å². The SMILES string of the molecule is O.O.O=C([O-])[O-].[Cu+2].[Cu+2].[OH-].[OH-]. The monoisotopic (exact) mass is 256 g/mol. The first kappa shape index (κ1) is 85.7. The van der Waals surface area contributed by atoms with E-state index in [2.05, 4.69) is 0 Å². The Kier molecular flexibility index (Phi) is 525. The molecular weight excluding hydrogens is 251 g/mol. The molecule has 0 fully saturated rings. The van der Waals surface area contributed by atoms with Gasteiger partial charge in [0.15, 0.2) is 0 Å². The zero-order chi connectivity index (χ0) is 3.58. The molecule has 10 heavy (non-hydrogen) atoms. The van der Waals surface area contributed by atoms with Crippen molar-refractivity contribution in [1.29, 1.82) is 0 Å². The van der Waals surface area contributed by atoms with Crippen molar-refractivity contribution in [3.8, 4) is 0 Å². The Morgan fingerprint density at radius 1 is 0.900 bits per heavy atom. The maximum atomic E-state index is 8.33. The summed E-state index contributed by atoms with van der Waals surface area (Å²) in [5.41, 5.74) is 0. The minimum absolute atomic E-state index is 0. The maximum Gasteiger partial charge on any atom is 2.00 e. The van der Waals surface area contributed by atoms with Crippen molar-refractivity contribution in [1.82, 2.24) is 0 Å². The van der Waals surface area contributed by atoms with Crippen LogP contribution in [-0.4, -0.2) is 28.1 Å². The Balaban J connectivity index is -0.00000000300. The van der Waals surface area contributed by atoms with Gasteiger partial charge in [0, 0.05) is 0 Å². The van der Waals surface area contributed by atoms with Gasteiger partial charge in [0.1, 0.15) is 0 Å². The number of rotatable bonds is 0. The van der Waals surface area contributed by atoms with Crippen molar-refractivity contribution < 1.29 is 71.0 Å². The van der Waals surface area contributed by atoms with Gasteiger partial charge in [-0.15, -0.1) is 0 Å². The van der Waals surface area contributed by atoms with Gasteiger partial charge in [-0.05, 0) is 6.16 Å². The molecule has 0 bridgehead atoms. The summed E-state index contributed by atoms with van der Waals surface area (Å²) in [6, 6.07) is 0. The third-order valence-electron chi connectivity index (χ3n) is 0. The molecule has 0 aromatic carbocycles. The van der Waals surface area contributed by atoms with Crippen molar-refractivity contribution in [3.05, 3.63) is 0 Å². The molecule has 0 rings (SSSR count). The molecule has 0 spiro atoms. The second-order valence-electron chi connectivity index (χ2n) is 0.250. The summed E-state index contributed by atoms with van der Waals surface area (Å²) in [6.45, 7) is 0. The summed E-state index contributed by atoms with van der Waals surface area (Å²) in [5, 5.41) is 16.7. The van der Waals surface area contributed by atoms with Crippen molar-refractivity contribution >= 4 is 6.16 Å². The number of carbonyl (C=O) groups excluding carboxylic acids is 1. The molecule has 0 saturated heterocycles. The topological polar surface area (TPSA) is 186 Å². The quantitative estimate of drug-likeness (QED) is 0.395. The molecular formula is CH6Cu2O7. The number of carbonyl (C=O) groups is 1. The molecule has 74 valence electrons. The molecule has 0 aliphatic rings. The van der Waals surface area contributed by atoms with Crippen LogP contribution >= 0.6 is 0 Å². The molecule has 0 aliphatic heterocycles. The summed E-state index contributed by atoms with van der Waals surface area (Å²) in [6.07, 6.45) is -2.33. The molecule has 0 amide bonds. The Bertz CT molecular complexity index is 34.6. The minimum Gasteiger partial charge on any atom is -0.870 e. The predicted molar refractivity (Wildman–Crippen MR) is 16.5 cm³/mol. The molecule has 0 unspecified atom stereocenters. The fraction of sp³-hybridized carbons (Fsp3) is 0. The first-order valence-corrected chi connectivity index (χ1v) is 0.612. The van der Waals surface area contributed by atoms with Crippen LogP contribution in [0.25, 0.3) is 0 Å². The average Bonchev–Trinajstić information content (AvgIpc) is 0.811. The molecule has 0 heterocycles. The summed E-state index contributed by atoms with van der Waals surface area (Å²) < 4.78 is 0. The van der Waals surface area contributed by atoms with Crippen LogP contribution in [0.4, 0.5) is 4.79 Å². The second kappa shape index (κ2) is 61.3. The van der Waals surface area contributed by atoms with Crippen molar-refractivity contribution in [2.75, 3.05) is 0 Å². The molecule has 9 heteroatoms. The van der Waals surface area contributed by atoms with Gasteiger partial charge in [0.25, 0.3) is 0 Å². The second-order valence-corrected chi connectivity index (χ2v) is 0.250. The largest absolute Gasteiger partial charge is 2.00 e. The zero-order valence-electron chi connectivity index (χ0n) is 4.22. The van der Waals surface area contributed by atoms with Gasteiger partial charge >= 0.3 is 34.1 Å². The summed E-state index contributed by atoms with van der Waals surface area (Å²) in [5.74, 6) is 0. The molecule has 0 aromatic heterocycles. The van der Waals surface area contributed by atoms with E-state index >= 15 is 0 Å². The normalized spacial score (nSPS) is 2.40. The average molecular weight is 257 g/mol. The molecule has 0 atom stereocenters. The first-order valence-electron chi connectivity index (χ1n) is 0.612. The minimum atomic E-state index is -2.33. The van der Waals surface area contributed by atoms with Gasteiger partial charge in [-0.3, -0.25) is 0 Å². The third-order valence-corrected chi connectivity index (χ3v) is 0. The maximum absolute atomic E-state index is 8.33. The van der Waals surface area contributed by atoms with Gasteiger partial charge in [-0.2, -0.15) is 0 Å². The predicted octanol–water partition coefficient (Wildman–Crippen LogP) is -4.45. The van der Waals surface area contributed by atoms with E-state index in [1.54, 1.807) is 0 Å². The van der Waals surface area contributed by atoms with Crippen LogP contribution in [0.15, 0.2) is 0 Å². The van der Waals surface area contributed by atoms with Crippen LogP contribution in [0.5, 0.6) is 0 Å². The van der Waals surface area contributed by atoms with E-state index in [0.29, 0.717) is 0 Å². The number of carboxylic acid groups (broad SMARTS) is 2. The fourth-order valence-electron chi connectivity index (χ4n) is 0. The van der Waals surface area contributed by atoms with Gasteiger partial charge in [-0.1, -0.05) is 0 Å². The molecule has 6 N–H and O–H groups in total. The standard InChI is InChI=1S/CH2O3.2Cu.4H2O/c2-1(3)4;;;;;;/h(H2,2,3,4);;;4*1H2/q;2*+2;;;;/p-4. The van der Waals surface area contributed by atoms with E-state index in [4.69, 9.17) is 15.0 Å². The van der Waals surface area contributed by atoms with E-state index in [1.807, 2.05) is 0 Å². The zero-order valence-corrected chi connectivity index (χ0v) is 6.11. The summed E-state index contributed by atoms with van der Waals surface area (Å²) in [7, 11) is 0. The van der Waals surface area contributed by atoms with Crippen molar-refractivity contribution in [2.45, 2.75) is 0 Å². The van der Waals surface area contributed by atoms with E-state index in [1.165, 1.54) is 0 Å². The van der Waals surface area contributed by atoms with Gasteiger partial charge in [-0.25, -0.2) is 0 Å². The Labute approximate surface area is 77.6 Å². The van der Waals surface area contributed by atoms with E-state index in [0.717, 1.165) is 0 Å². The van der Waals surface area contributed by atoms with Crippen LogP contribution in [-0.2, 0) is 34.1 Å². The molecule has 0 aromatic rings. The fourth-order valence-corrected chi connectivity index (χ4v) is 0. The summed E-state index contributed by atoms with van der Waals surface area (Å²) in [4.78, 5) is 8.33. The van der Waals surface area contributed by atoms with Crippen LogP contribution in [0, 0.1) is 0 Å². The number of hydrogen-bond acceptors (Lipinski definition) is 5. The van der Waals surface area contributed by atoms with Crippen LogP contribution in [0.1, 0.15) is 0 Å². The molecule has 0 aliphatic carbocycles. The third kappa shape index (κ3) is 18800. The van der Waals surface area contributed by atoms with Gasteiger partial charge < -0.3 is 36.9 Å². The van der Waals surface area contributed by atoms with E-state index < -0.39 is 6.16 Å². The molecule has 0 saturated carbocycles. The Morgan fingerprint density at radius 3 is 0.900 bits per heavy atom. The van der Waals surface area contributed by atoms with Crippen LogP contribution in [0.3, 0.4) is 0 Å². The van der Waals surface area contributed by atoms with Gasteiger partial charge in [0.2, 0.25) is 0 Å². The smallest absolute Gasteiger partial charge is 0.870 e. The first-order chi connectivity index (χ1) is 1.73. The summed E-state index contributed by atoms with van der Waals surface area (Å²) >= 11 is 0. The van der Waals surface area contributed by atoms with Crippen molar-refractivity contribution in [2.24, 2.45) is 0 Å². The van der Waals surface area contributed by atoms with E-state index in [-0.39, 0.29) is 56.0 Å². The van der Waals surface area contributed by atoms with Crippen LogP contribution < -0.4 is 10.2 Å².